The molecule has 1 heterocycles. The first-order valence-corrected chi connectivity index (χ1v) is 5.94. The molecular formula is C14H13N5O. The number of hydrogen-bond acceptors (Lipinski definition) is 5. The summed E-state index contributed by atoms with van der Waals surface area (Å²) in [4.78, 5) is 3.94. The zero-order chi connectivity index (χ0) is 14.7. The van der Waals surface area contributed by atoms with Gasteiger partial charge in [-0.15, -0.1) is 0 Å². The molecule has 1 aromatic heterocycles. The SMILES string of the molecule is COc1cccc(-n2cnc(C#N)c2C#N)c1C(C)N. The van der Waals surface area contributed by atoms with Gasteiger partial charge in [0.15, 0.2) is 11.4 Å². The van der Waals surface area contributed by atoms with Gasteiger partial charge in [0.25, 0.3) is 0 Å². The van der Waals surface area contributed by atoms with E-state index in [2.05, 4.69) is 4.98 Å². The molecule has 0 spiro atoms. The molecule has 0 aliphatic carbocycles. The van der Waals surface area contributed by atoms with E-state index >= 15 is 0 Å². The van der Waals surface area contributed by atoms with Crippen LogP contribution in [0.3, 0.4) is 0 Å². The van der Waals surface area contributed by atoms with Gasteiger partial charge in [-0.25, -0.2) is 4.98 Å². The summed E-state index contributed by atoms with van der Waals surface area (Å²) >= 11 is 0. The number of hydrogen-bond donors (Lipinski definition) is 1. The first-order valence-electron chi connectivity index (χ1n) is 5.94. The van der Waals surface area contributed by atoms with Crippen molar-refractivity contribution >= 4 is 0 Å². The largest absolute Gasteiger partial charge is 0.496 e. The molecule has 1 aromatic carbocycles. The number of benzene rings is 1. The lowest BCUT2D eigenvalue weighted by Crippen LogP contribution is -2.12. The van der Waals surface area contributed by atoms with E-state index < -0.39 is 0 Å². The van der Waals surface area contributed by atoms with Crippen molar-refractivity contribution in [3.05, 3.63) is 41.5 Å². The van der Waals surface area contributed by atoms with Crippen LogP contribution < -0.4 is 10.5 Å². The lowest BCUT2D eigenvalue weighted by molar-refractivity contribution is 0.406. The normalized spacial score (nSPS) is 11.4. The van der Waals surface area contributed by atoms with Crippen molar-refractivity contribution in [2.45, 2.75) is 13.0 Å². The highest BCUT2D eigenvalue weighted by Gasteiger charge is 2.18. The average molecular weight is 267 g/mol. The Hall–Kier alpha value is -2.83. The molecule has 1 unspecified atom stereocenters. The fourth-order valence-electron chi connectivity index (χ4n) is 2.10. The molecule has 6 heteroatoms. The van der Waals surface area contributed by atoms with Crippen molar-refractivity contribution in [2.75, 3.05) is 7.11 Å². The van der Waals surface area contributed by atoms with Crippen LogP contribution in [0.4, 0.5) is 0 Å². The summed E-state index contributed by atoms with van der Waals surface area (Å²) in [6.07, 6.45) is 1.44. The van der Waals surface area contributed by atoms with E-state index in [1.807, 2.05) is 25.1 Å². The van der Waals surface area contributed by atoms with Crippen molar-refractivity contribution < 1.29 is 4.74 Å². The van der Waals surface area contributed by atoms with E-state index in [9.17, 15) is 5.26 Å². The van der Waals surface area contributed by atoms with Crippen LogP contribution in [-0.4, -0.2) is 16.7 Å². The van der Waals surface area contributed by atoms with Crippen molar-refractivity contribution in [3.8, 4) is 23.6 Å². The lowest BCUT2D eigenvalue weighted by atomic mass is 10.0. The minimum atomic E-state index is -0.291. The Morgan fingerprint density at radius 1 is 1.35 bits per heavy atom. The van der Waals surface area contributed by atoms with Gasteiger partial charge >= 0.3 is 0 Å². The third kappa shape index (κ3) is 2.09. The Morgan fingerprint density at radius 2 is 2.10 bits per heavy atom. The van der Waals surface area contributed by atoms with Crippen LogP contribution in [0.5, 0.6) is 5.75 Å². The Bertz CT molecular complexity index is 718. The van der Waals surface area contributed by atoms with Crippen LogP contribution in [0.2, 0.25) is 0 Å². The molecule has 0 saturated heterocycles. The average Bonchev–Trinajstić information content (AvgIpc) is 2.88. The van der Waals surface area contributed by atoms with Crippen LogP contribution in [0.25, 0.3) is 5.69 Å². The third-order valence-corrected chi connectivity index (χ3v) is 2.96. The molecule has 2 aromatic rings. The molecule has 0 saturated carbocycles. The summed E-state index contributed by atoms with van der Waals surface area (Å²) in [5, 5.41) is 18.2. The summed E-state index contributed by atoms with van der Waals surface area (Å²) in [5.74, 6) is 0.633. The molecule has 100 valence electrons. The van der Waals surface area contributed by atoms with Crippen LogP contribution in [-0.2, 0) is 0 Å². The molecule has 0 fully saturated rings. The molecule has 20 heavy (non-hydrogen) atoms. The maximum absolute atomic E-state index is 9.21. The van der Waals surface area contributed by atoms with E-state index in [4.69, 9.17) is 15.7 Å². The van der Waals surface area contributed by atoms with Gasteiger partial charge < -0.3 is 10.5 Å². The topological polar surface area (TPSA) is 101 Å². The van der Waals surface area contributed by atoms with Gasteiger partial charge in [0.1, 0.15) is 24.2 Å². The van der Waals surface area contributed by atoms with Gasteiger partial charge in [-0.05, 0) is 19.1 Å². The second kappa shape index (κ2) is 5.43. The number of nitrogens with two attached hydrogens (primary N) is 1. The fraction of sp³-hybridized carbons (Fsp3) is 0.214. The van der Waals surface area contributed by atoms with Crippen LogP contribution in [0, 0.1) is 22.7 Å². The van der Waals surface area contributed by atoms with E-state index in [0.29, 0.717) is 11.4 Å². The van der Waals surface area contributed by atoms with Gasteiger partial charge in [0.05, 0.1) is 12.8 Å². The molecule has 0 radical (unpaired) electrons. The number of rotatable bonds is 3. The summed E-state index contributed by atoms with van der Waals surface area (Å²) < 4.78 is 6.87. The Labute approximate surface area is 116 Å². The van der Waals surface area contributed by atoms with Gasteiger partial charge in [-0.3, -0.25) is 4.57 Å². The second-order valence-electron chi connectivity index (χ2n) is 4.22. The van der Waals surface area contributed by atoms with Crippen molar-refractivity contribution in [1.29, 1.82) is 10.5 Å². The van der Waals surface area contributed by atoms with Gasteiger partial charge in [-0.2, -0.15) is 10.5 Å². The molecule has 0 aliphatic heterocycles. The minimum absolute atomic E-state index is 0.0888. The van der Waals surface area contributed by atoms with Crippen molar-refractivity contribution in [2.24, 2.45) is 5.73 Å². The highest BCUT2D eigenvalue weighted by Crippen LogP contribution is 2.30. The minimum Gasteiger partial charge on any atom is -0.496 e. The predicted molar refractivity (Wildman–Crippen MR) is 72.1 cm³/mol. The van der Waals surface area contributed by atoms with E-state index in [1.165, 1.54) is 6.33 Å². The number of ether oxygens (including phenoxy) is 1. The summed E-state index contributed by atoms with van der Waals surface area (Å²) in [5.41, 5.74) is 7.71. The third-order valence-electron chi connectivity index (χ3n) is 2.96. The quantitative estimate of drug-likeness (QED) is 0.911. The highest BCUT2D eigenvalue weighted by molar-refractivity contribution is 5.54. The summed E-state index contributed by atoms with van der Waals surface area (Å²) in [6.45, 7) is 1.83. The summed E-state index contributed by atoms with van der Waals surface area (Å²) in [7, 11) is 1.56. The fourth-order valence-corrected chi connectivity index (χ4v) is 2.10. The van der Waals surface area contributed by atoms with E-state index in [1.54, 1.807) is 23.8 Å². The molecular weight excluding hydrogens is 254 g/mol. The molecule has 0 bridgehead atoms. The number of nitrogens with zero attached hydrogens (tertiary/aromatic N) is 4. The zero-order valence-corrected chi connectivity index (χ0v) is 11.2. The molecule has 6 nitrogen and oxygen atoms in total. The molecule has 2 N–H and O–H groups in total. The van der Waals surface area contributed by atoms with Crippen molar-refractivity contribution in [3.63, 3.8) is 0 Å². The predicted octanol–water partition coefficient (Wildman–Crippen LogP) is 1.64. The maximum atomic E-state index is 9.21. The first-order chi connectivity index (χ1) is 9.63. The molecule has 0 amide bonds. The van der Waals surface area contributed by atoms with E-state index in [0.717, 1.165) is 5.56 Å². The van der Waals surface area contributed by atoms with Crippen LogP contribution in [0.1, 0.15) is 29.9 Å². The number of aromatic nitrogens is 2. The molecule has 2 rings (SSSR count). The number of methoxy groups -OCH3 is 1. The lowest BCUT2D eigenvalue weighted by Gasteiger charge is -2.17. The smallest absolute Gasteiger partial charge is 0.177 e. The highest BCUT2D eigenvalue weighted by atomic mass is 16.5. The maximum Gasteiger partial charge on any atom is 0.177 e. The monoisotopic (exact) mass is 267 g/mol. The Balaban J connectivity index is 2.75. The number of nitriles is 2. The van der Waals surface area contributed by atoms with Gasteiger partial charge in [-0.1, -0.05) is 6.07 Å². The molecule has 0 aliphatic rings. The molecule has 1 atom stereocenters. The first kappa shape index (κ1) is 13.6. The van der Waals surface area contributed by atoms with Crippen LogP contribution >= 0.6 is 0 Å². The Morgan fingerprint density at radius 3 is 2.65 bits per heavy atom. The standard InChI is InChI=1S/C14H13N5O/c1-9(17)14-11(4-3-5-13(14)20-2)19-8-18-10(6-15)12(19)7-16/h3-5,8-9H,17H2,1-2H3. The number of imidazole rings is 1. The van der Waals surface area contributed by atoms with E-state index in [-0.39, 0.29) is 17.4 Å². The van der Waals surface area contributed by atoms with Gasteiger partial charge in [0, 0.05) is 11.6 Å². The zero-order valence-electron chi connectivity index (χ0n) is 11.2. The van der Waals surface area contributed by atoms with Crippen LogP contribution in [0.15, 0.2) is 24.5 Å². The summed E-state index contributed by atoms with van der Waals surface area (Å²) in [6, 6.07) is 9.01. The van der Waals surface area contributed by atoms with Gasteiger partial charge in [0.2, 0.25) is 0 Å². The second-order valence-corrected chi connectivity index (χ2v) is 4.22. The Kier molecular flexibility index (Phi) is 3.69. The van der Waals surface area contributed by atoms with Crippen molar-refractivity contribution in [1.82, 2.24) is 9.55 Å².